The number of aromatic hydroxyl groups is 1. The normalized spacial score (nSPS) is 9.92. The summed E-state index contributed by atoms with van der Waals surface area (Å²) >= 11 is 0. The number of aryl methyl sites for hydroxylation is 1. The molecule has 70 valence electrons. The van der Waals surface area contributed by atoms with Crippen molar-refractivity contribution in [3.05, 3.63) is 33.9 Å². The smallest absolute Gasteiger partial charge is 0.310 e. The molecule has 1 aromatic rings. The highest BCUT2D eigenvalue weighted by Crippen LogP contribution is 2.26. The van der Waals surface area contributed by atoms with Gasteiger partial charge < -0.3 is 5.11 Å². The van der Waals surface area contributed by atoms with Crippen LogP contribution >= 0.6 is 0 Å². The molecule has 0 aliphatic rings. The van der Waals surface area contributed by atoms with Gasteiger partial charge in [0.05, 0.1) is 4.92 Å². The highest BCUT2D eigenvalue weighted by molar-refractivity contribution is 5.47. The Hall–Kier alpha value is -1.58. The third-order valence-electron chi connectivity index (χ3n) is 1.78. The van der Waals surface area contributed by atoms with Crippen molar-refractivity contribution >= 4 is 5.69 Å². The van der Waals surface area contributed by atoms with E-state index in [0.29, 0.717) is 0 Å². The van der Waals surface area contributed by atoms with Crippen molar-refractivity contribution in [3.63, 3.8) is 0 Å². The van der Waals surface area contributed by atoms with E-state index >= 15 is 0 Å². The molecule has 0 aliphatic heterocycles. The molecule has 0 saturated carbocycles. The van der Waals surface area contributed by atoms with Gasteiger partial charge in [0.1, 0.15) is 0 Å². The number of hydrogen-bond donors (Lipinski definition) is 1. The SMILES string of the molecule is CCCc1ccc(O)c([N+](=O)[O-])c1. The van der Waals surface area contributed by atoms with Gasteiger partial charge in [-0.05, 0) is 18.1 Å². The second-order valence-corrected chi connectivity index (χ2v) is 2.83. The van der Waals surface area contributed by atoms with E-state index in [9.17, 15) is 10.1 Å². The van der Waals surface area contributed by atoms with Crippen molar-refractivity contribution in [2.45, 2.75) is 19.8 Å². The molecule has 0 spiro atoms. The van der Waals surface area contributed by atoms with Gasteiger partial charge in [-0.3, -0.25) is 10.1 Å². The van der Waals surface area contributed by atoms with Gasteiger partial charge in [-0.15, -0.1) is 0 Å². The number of phenols is 1. The van der Waals surface area contributed by atoms with E-state index in [2.05, 4.69) is 0 Å². The molecule has 0 fully saturated rings. The molecule has 4 heteroatoms. The minimum atomic E-state index is -0.575. The molecule has 0 atom stereocenters. The molecule has 0 amide bonds. The Morgan fingerprint density at radius 2 is 2.23 bits per heavy atom. The summed E-state index contributed by atoms with van der Waals surface area (Å²) in [5.74, 6) is -0.273. The zero-order valence-corrected chi connectivity index (χ0v) is 7.36. The molecule has 0 unspecified atom stereocenters. The second-order valence-electron chi connectivity index (χ2n) is 2.83. The molecule has 0 aliphatic carbocycles. The minimum absolute atomic E-state index is 0.217. The van der Waals surface area contributed by atoms with Crippen molar-refractivity contribution in [1.82, 2.24) is 0 Å². The standard InChI is InChI=1S/C9H11NO3/c1-2-3-7-4-5-9(11)8(6-7)10(12)13/h4-6,11H,2-3H2,1H3. The number of benzene rings is 1. The highest BCUT2D eigenvalue weighted by Gasteiger charge is 2.12. The Morgan fingerprint density at radius 1 is 1.54 bits per heavy atom. The van der Waals surface area contributed by atoms with Crippen LogP contribution in [-0.2, 0) is 6.42 Å². The lowest BCUT2D eigenvalue weighted by Gasteiger charge is -1.99. The van der Waals surface area contributed by atoms with Crippen molar-refractivity contribution in [2.75, 3.05) is 0 Å². The maximum atomic E-state index is 10.4. The van der Waals surface area contributed by atoms with Crippen molar-refractivity contribution in [1.29, 1.82) is 0 Å². The van der Waals surface area contributed by atoms with Gasteiger partial charge in [0.15, 0.2) is 5.75 Å². The fourth-order valence-corrected chi connectivity index (χ4v) is 1.16. The number of nitro groups is 1. The van der Waals surface area contributed by atoms with Crippen LogP contribution in [0.5, 0.6) is 5.75 Å². The summed E-state index contributed by atoms with van der Waals surface area (Å²) in [4.78, 5) is 9.85. The number of nitro benzene ring substituents is 1. The minimum Gasteiger partial charge on any atom is -0.502 e. The topological polar surface area (TPSA) is 63.4 Å². The van der Waals surface area contributed by atoms with Crippen LogP contribution in [0, 0.1) is 10.1 Å². The Kier molecular flexibility index (Phi) is 2.84. The summed E-state index contributed by atoms with van der Waals surface area (Å²) in [6.07, 6.45) is 1.73. The monoisotopic (exact) mass is 181 g/mol. The lowest BCUT2D eigenvalue weighted by atomic mass is 10.1. The van der Waals surface area contributed by atoms with Crippen LogP contribution in [-0.4, -0.2) is 10.0 Å². The van der Waals surface area contributed by atoms with Gasteiger partial charge in [0.2, 0.25) is 0 Å². The van der Waals surface area contributed by atoms with Gasteiger partial charge in [-0.2, -0.15) is 0 Å². The largest absolute Gasteiger partial charge is 0.502 e. The molecule has 0 aromatic heterocycles. The molecule has 4 nitrogen and oxygen atoms in total. The number of rotatable bonds is 3. The van der Waals surface area contributed by atoms with E-state index in [4.69, 9.17) is 5.11 Å². The van der Waals surface area contributed by atoms with Crippen LogP contribution in [0.4, 0.5) is 5.69 Å². The molecule has 0 bridgehead atoms. The van der Waals surface area contributed by atoms with Gasteiger partial charge in [-0.25, -0.2) is 0 Å². The molecule has 1 aromatic carbocycles. The Morgan fingerprint density at radius 3 is 2.77 bits per heavy atom. The molecule has 0 saturated heterocycles. The maximum Gasteiger partial charge on any atom is 0.310 e. The zero-order chi connectivity index (χ0) is 9.84. The van der Waals surface area contributed by atoms with Gasteiger partial charge in [0, 0.05) is 6.07 Å². The Balaban J connectivity index is 3.04. The first-order valence-corrected chi connectivity index (χ1v) is 4.11. The number of hydrogen-bond acceptors (Lipinski definition) is 3. The third-order valence-corrected chi connectivity index (χ3v) is 1.78. The first-order valence-electron chi connectivity index (χ1n) is 4.11. The van der Waals surface area contributed by atoms with Crippen LogP contribution in [0.1, 0.15) is 18.9 Å². The van der Waals surface area contributed by atoms with Crippen LogP contribution in [0.15, 0.2) is 18.2 Å². The van der Waals surface area contributed by atoms with Crippen LogP contribution < -0.4 is 0 Å². The average Bonchev–Trinajstić information content (AvgIpc) is 2.08. The van der Waals surface area contributed by atoms with E-state index < -0.39 is 4.92 Å². The molecule has 13 heavy (non-hydrogen) atoms. The summed E-state index contributed by atoms with van der Waals surface area (Å²) in [7, 11) is 0. The summed E-state index contributed by atoms with van der Waals surface area (Å²) in [6.45, 7) is 2.00. The lowest BCUT2D eigenvalue weighted by Crippen LogP contribution is -1.91. The first-order chi connectivity index (χ1) is 6.15. The molecule has 1 N–H and O–H groups in total. The quantitative estimate of drug-likeness (QED) is 0.574. The summed E-state index contributed by atoms with van der Waals surface area (Å²) < 4.78 is 0. The summed E-state index contributed by atoms with van der Waals surface area (Å²) in [6, 6.07) is 4.48. The zero-order valence-electron chi connectivity index (χ0n) is 7.36. The van der Waals surface area contributed by atoms with Crippen LogP contribution in [0.3, 0.4) is 0 Å². The third kappa shape index (κ3) is 2.18. The van der Waals surface area contributed by atoms with Crippen LogP contribution in [0.25, 0.3) is 0 Å². The Labute approximate surface area is 76.0 Å². The van der Waals surface area contributed by atoms with Crippen LogP contribution in [0.2, 0.25) is 0 Å². The molecule has 1 rings (SSSR count). The molecular weight excluding hydrogens is 170 g/mol. The van der Waals surface area contributed by atoms with E-state index in [1.54, 1.807) is 6.07 Å². The predicted molar refractivity (Wildman–Crippen MR) is 48.8 cm³/mol. The first kappa shape index (κ1) is 9.51. The van der Waals surface area contributed by atoms with Crippen molar-refractivity contribution in [3.8, 4) is 5.75 Å². The molecular formula is C9H11NO3. The van der Waals surface area contributed by atoms with Crippen molar-refractivity contribution in [2.24, 2.45) is 0 Å². The van der Waals surface area contributed by atoms with Crippen molar-refractivity contribution < 1.29 is 10.0 Å². The van der Waals surface area contributed by atoms with Gasteiger partial charge >= 0.3 is 5.69 Å². The lowest BCUT2D eigenvalue weighted by molar-refractivity contribution is -0.385. The van der Waals surface area contributed by atoms with E-state index in [1.807, 2.05) is 6.92 Å². The summed E-state index contributed by atoms with van der Waals surface area (Å²) in [5.41, 5.74) is 0.665. The average molecular weight is 181 g/mol. The number of phenolic OH excluding ortho intramolecular Hbond substituents is 1. The van der Waals surface area contributed by atoms with E-state index in [0.717, 1.165) is 18.4 Å². The molecule has 0 radical (unpaired) electrons. The summed E-state index contributed by atoms with van der Waals surface area (Å²) in [5, 5.41) is 19.6. The van der Waals surface area contributed by atoms with Gasteiger partial charge in [-0.1, -0.05) is 19.4 Å². The van der Waals surface area contributed by atoms with E-state index in [-0.39, 0.29) is 11.4 Å². The fraction of sp³-hybridized carbons (Fsp3) is 0.333. The predicted octanol–water partition coefficient (Wildman–Crippen LogP) is 2.25. The van der Waals surface area contributed by atoms with Gasteiger partial charge in [0.25, 0.3) is 0 Å². The maximum absolute atomic E-state index is 10.4. The van der Waals surface area contributed by atoms with E-state index in [1.165, 1.54) is 12.1 Å². The second kappa shape index (κ2) is 3.89. The highest BCUT2D eigenvalue weighted by atomic mass is 16.6. The Bertz CT molecular complexity index is 323. The fourth-order valence-electron chi connectivity index (χ4n) is 1.16. The number of nitrogens with zero attached hydrogens (tertiary/aromatic N) is 1. The molecule has 0 heterocycles.